The van der Waals surface area contributed by atoms with Crippen molar-refractivity contribution in [3.05, 3.63) is 0 Å². The van der Waals surface area contributed by atoms with Gasteiger partial charge in [0.15, 0.2) is 0 Å². The lowest BCUT2D eigenvalue weighted by Crippen LogP contribution is -1.72. The van der Waals surface area contributed by atoms with Crippen molar-refractivity contribution in [2.75, 3.05) is 0 Å². The number of nitriles is 1. The molecule has 2 nitrogen and oxygen atoms in total. The summed E-state index contributed by atoms with van der Waals surface area (Å²) in [5.41, 5.74) is 0. The van der Waals surface area contributed by atoms with Crippen molar-refractivity contribution >= 4 is 5.78 Å². The summed E-state index contributed by atoms with van der Waals surface area (Å²) in [4.78, 5) is 9.44. The molecule has 0 bridgehead atoms. The molecule has 9 heavy (non-hydrogen) atoms. The first-order chi connectivity index (χ1) is 4.00. The standard InChI is InChI=1S/C4H7N.C3H6O/c1-4(2)3-5;1-3(2)4/h4H,1-2H3;1-2H3. The first-order valence-electron chi connectivity index (χ1n) is 2.87. The molecule has 0 heterocycles. The van der Waals surface area contributed by atoms with Gasteiger partial charge in [-0.3, -0.25) is 0 Å². The molecule has 0 saturated heterocycles. The molecule has 0 aromatic heterocycles. The topological polar surface area (TPSA) is 40.9 Å². The van der Waals surface area contributed by atoms with Crippen LogP contribution < -0.4 is 0 Å². The summed E-state index contributed by atoms with van der Waals surface area (Å²) in [6.07, 6.45) is 0. The van der Waals surface area contributed by atoms with Gasteiger partial charge in [-0.15, -0.1) is 0 Å². The fourth-order valence-corrected chi connectivity index (χ4v) is 0. The SMILES string of the molecule is CC(C)=O.CC(C)C#N. The maximum Gasteiger partial charge on any atom is 0.126 e. The van der Waals surface area contributed by atoms with E-state index in [9.17, 15) is 4.79 Å². The van der Waals surface area contributed by atoms with E-state index >= 15 is 0 Å². The van der Waals surface area contributed by atoms with E-state index in [0.717, 1.165) is 0 Å². The zero-order chi connectivity index (χ0) is 7.86. The fraction of sp³-hybridized carbons (Fsp3) is 0.714. The van der Waals surface area contributed by atoms with Crippen LogP contribution >= 0.6 is 0 Å². The van der Waals surface area contributed by atoms with Crippen LogP contribution in [0.2, 0.25) is 0 Å². The lowest BCUT2D eigenvalue weighted by molar-refractivity contribution is -0.114. The molecule has 0 aliphatic heterocycles. The Bertz CT molecular complexity index is 107. The Morgan fingerprint density at radius 1 is 1.44 bits per heavy atom. The Labute approximate surface area is 56.5 Å². The van der Waals surface area contributed by atoms with Crippen molar-refractivity contribution in [2.45, 2.75) is 27.7 Å². The van der Waals surface area contributed by atoms with Crippen molar-refractivity contribution in [2.24, 2.45) is 5.92 Å². The van der Waals surface area contributed by atoms with Crippen LogP contribution in [-0.2, 0) is 4.79 Å². The number of nitrogens with zero attached hydrogens (tertiary/aromatic N) is 1. The maximum absolute atomic E-state index is 9.44. The van der Waals surface area contributed by atoms with Crippen LogP contribution in [-0.4, -0.2) is 5.78 Å². The minimum atomic E-state index is 0.167. The largest absolute Gasteiger partial charge is 0.300 e. The third-order valence-electron chi connectivity index (χ3n) is 0.258. The van der Waals surface area contributed by atoms with Crippen molar-refractivity contribution in [1.82, 2.24) is 0 Å². The third-order valence-corrected chi connectivity index (χ3v) is 0.258. The normalized spacial score (nSPS) is 7.11. The molecule has 0 aromatic carbocycles. The zero-order valence-electron chi connectivity index (χ0n) is 6.43. The highest BCUT2D eigenvalue weighted by Gasteiger charge is 1.78. The van der Waals surface area contributed by atoms with Crippen molar-refractivity contribution in [1.29, 1.82) is 5.26 Å². The highest BCUT2D eigenvalue weighted by Crippen LogP contribution is 1.81. The van der Waals surface area contributed by atoms with E-state index in [0.29, 0.717) is 0 Å². The summed E-state index contributed by atoms with van der Waals surface area (Å²) in [5, 5.41) is 7.89. The van der Waals surface area contributed by atoms with Gasteiger partial charge in [0.1, 0.15) is 5.78 Å². The van der Waals surface area contributed by atoms with Gasteiger partial charge in [-0.1, -0.05) is 0 Å². The van der Waals surface area contributed by atoms with Gasteiger partial charge < -0.3 is 4.79 Å². The van der Waals surface area contributed by atoms with Crippen LogP contribution in [0.15, 0.2) is 0 Å². The molecule has 0 aliphatic rings. The van der Waals surface area contributed by atoms with Crippen LogP contribution in [0, 0.1) is 17.2 Å². The molecule has 0 saturated carbocycles. The summed E-state index contributed by atoms with van der Waals surface area (Å²) in [6.45, 7) is 6.78. The minimum absolute atomic E-state index is 0.167. The number of Topliss-reactive ketones (excluding diaryl/α,β-unsaturated/α-hetero) is 1. The second kappa shape index (κ2) is 7.16. The smallest absolute Gasteiger partial charge is 0.126 e. The van der Waals surface area contributed by atoms with E-state index < -0.39 is 0 Å². The Morgan fingerprint density at radius 2 is 1.56 bits per heavy atom. The number of carbonyl (C=O) groups is 1. The first-order valence-corrected chi connectivity index (χ1v) is 2.87. The highest BCUT2D eigenvalue weighted by molar-refractivity contribution is 5.72. The number of carbonyl (C=O) groups excluding carboxylic acids is 1. The Kier molecular flexibility index (Phi) is 8.77. The Morgan fingerprint density at radius 3 is 1.56 bits per heavy atom. The van der Waals surface area contributed by atoms with E-state index in [1.807, 2.05) is 19.9 Å². The number of rotatable bonds is 0. The lowest BCUT2D eigenvalue weighted by atomic mass is 10.3. The quantitative estimate of drug-likeness (QED) is 0.497. The van der Waals surface area contributed by atoms with E-state index in [-0.39, 0.29) is 11.7 Å². The van der Waals surface area contributed by atoms with Gasteiger partial charge in [0.2, 0.25) is 0 Å². The van der Waals surface area contributed by atoms with Gasteiger partial charge >= 0.3 is 0 Å². The van der Waals surface area contributed by atoms with Gasteiger partial charge in [-0.2, -0.15) is 5.26 Å². The van der Waals surface area contributed by atoms with E-state index in [1.54, 1.807) is 0 Å². The van der Waals surface area contributed by atoms with Crippen LogP contribution in [0.5, 0.6) is 0 Å². The Hall–Kier alpha value is -0.840. The minimum Gasteiger partial charge on any atom is -0.300 e. The van der Waals surface area contributed by atoms with Crippen molar-refractivity contribution < 1.29 is 4.79 Å². The predicted molar refractivity (Wildman–Crippen MR) is 36.8 cm³/mol. The van der Waals surface area contributed by atoms with Gasteiger partial charge in [-0.05, 0) is 27.7 Å². The predicted octanol–water partition coefficient (Wildman–Crippen LogP) is 1.76. The van der Waals surface area contributed by atoms with E-state index in [1.165, 1.54) is 13.8 Å². The van der Waals surface area contributed by atoms with Crippen molar-refractivity contribution in [3.8, 4) is 6.07 Å². The summed E-state index contributed by atoms with van der Waals surface area (Å²) in [5.74, 6) is 0.356. The average molecular weight is 127 g/mol. The van der Waals surface area contributed by atoms with Crippen LogP contribution in [0.25, 0.3) is 0 Å². The number of hydrogen-bond acceptors (Lipinski definition) is 2. The second-order valence-electron chi connectivity index (χ2n) is 2.19. The summed E-state index contributed by atoms with van der Waals surface area (Å²) >= 11 is 0. The Balaban J connectivity index is 0. The first kappa shape index (κ1) is 11.0. The molecular weight excluding hydrogens is 114 g/mol. The molecule has 0 spiro atoms. The van der Waals surface area contributed by atoms with Gasteiger partial charge in [0, 0.05) is 5.92 Å². The molecule has 52 valence electrons. The molecule has 0 radical (unpaired) electrons. The van der Waals surface area contributed by atoms with E-state index in [4.69, 9.17) is 5.26 Å². The average Bonchev–Trinajstić information content (AvgIpc) is 1.65. The summed E-state index contributed by atoms with van der Waals surface area (Å²) < 4.78 is 0. The molecule has 0 atom stereocenters. The van der Waals surface area contributed by atoms with E-state index in [2.05, 4.69) is 0 Å². The monoisotopic (exact) mass is 127 g/mol. The van der Waals surface area contributed by atoms with Crippen LogP contribution in [0.3, 0.4) is 0 Å². The van der Waals surface area contributed by atoms with Gasteiger partial charge in [-0.25, -0.2) is 0 Å². The molecule has 0 rings (SSSR count). The molecule has 0 aliphatic carbocycles. The van der Waals surface area contributed by atoms with Crippen LogP contribution in [0.4, 0.5) is 0 Å². The molecule has 2 heteroatoms. The highest BCUT2D eigenvalue weighted by atomic mass is 16.1. The second-order valence-corrected chi connectivity index (χ2v) is 2.19. The maximum atomic E-state index is 9.44. The number of hydrogen-bond donors (Lipinski definition) is 0. The zero-order valence-corrected chi connectivity index (χ0v) is 6.43. The summed E-state index contributed by atoms with van der Waals surface area (Å²) in [7, 11) is 0. The fourth-order valence-electron chi connectivity index (χ4n) is 0. The van der Waals surface area contributed by atoms with Crippen LogP contribution in [0.1, 0.15) is 27.7 Å². The molecule has 0 aromatic rings. The lowest BCUT2D eigenvalue weighted by Gasteiger charge is -1.75. The van der Waals surface area contributed by atoms with Gasteiger partial charge in [0.25, 0.3) is 0 Å². The van der Waals surface area contributed by atoms with Gasteiger partial charge in [0.05, 0.1) is 6.07 Å². The molecular formula is C7H13NO. The molecule has 0 unspecified atom stereocenters. The third kappa shape index (κ3) is 142. The van der Waals surface area contributed by atoms with Crippen molar-refractivity contribution in [3.63, 3.8) is 0 Å². The molecule has 0 N–H and O–H groups in total. The number of ketones is 1. The molecule has 0 amide bonds. The molecule has 0 fully saturated rings. The summed E-state index contributed by atoms with van der Waals surface area (Å²) in [6, 6.07) is 2.03.